The first-order valence-electron chi connectivity index (χ1n) is 10.5. The van der Waals surface area contributed by atoms with Crippen molar-refractivity contribution in [3.63, 3.8) is 0 Å². The minimum Gasteiger partial charge on any atom is -0.376 e. The fraction of sp³-hybridized carbons (Fsp3) is 0.375. The van der Waals surface area contributed by atoms with Gasteiger partial charge in [0, 0.05) is 46.5 Å². The lowest BCUT2D eigenvalue weighted by molar-refractivity contribution is 0.259. The van der Waals surface area contributed by atoms with Crippen molar-refractivity contribution >= 4 is 28.2 Å². The Balaban J connectivity index is 0.000000310. The van der Waals surface area contributed by atoms with Crippen molar-refractivity contribution in [1.82, 2.24) is 20.5 Å². The summed E-state index contributed by atoms with van der Waals surface area (Å²) in [5.74, 6) is 0.859. The van der Waals surface area contributed by atoms with E-state index in [9.17, 15) is 0 Å². The molecule has 0 amide bonds. The van der Waals surface area contributed by atoms with Gasteiger partial charge in [-0.3, -0.25) is 4.99 Å². The molecule has 6 heteroatoms. The fourth-order valence-corrected chi connectivity index (χ4v) is 3.82. The zero-order chi connectivity index (χ0) is 21.5. The highest BCUT2D eigenvalue weighted by atomic mass is 35.5. The van der Waals surface area contributed by atoms with E-state index in [0.29, 0.717) is 12.6 Å². The van der Waals surface area contributed by atoms with E-state index in [1.54, 1.807) is 0 Å². The molecule has 3 N–H and O–H groups in total. The Morgan fingerprint density at radius 2 is 2.20 bits per heavy atom. The largest absolute Gasteiger partial charge is 0.376 e. The number of nitrogens with one attached hydrogen (secondary N) is 3. The number of likely N-dealkylation sites (tertiary alicyclic amines) is 1. The van der Waals surface area contributed by atoms with Crippen molar-refractivity contribution in [2.24, 2.45) is 4.99 Å². The molecule has 0 radical (unpaired) electrons. The van der Waals surface area contributed by atoms with Crippen molar-refractivity contribution in [3.8, 4) is 0 Å². The number of aliphatic imine (C=N–C) groups is 1. The van der Waals surface area contributed by atoms with Crippen molar-refractivity contribution in [2.75, 3.05) is 19.6 Å². The molecular weight excluding hydrogens is 394 g/mol. The maximum absolute atomic E-state index is 6.02. The van der Waals surface area contributed by atoms with Crippen LogP contribution in [0.15, 0.2) is 66.1 Å². The number of aromatic amines is 1. The van der Waals surface area contributed by atoms with Gasteiger partial charge in [-0.1, -0.05) is 30.8 Å². The number of nitrogens with zero attached hydrogens (tertiary/aromatic N) is 2. The SMILES string of the molecule is C=CN1CCCC(NC(=C)NCc2cc3cc(Cl)ccc3[nH]2)C1.CC1=CCN=C1C. The summed E-state index contributed by atoms with van der Waals surface area (Å²) in [6.45, 7) is 15.7. The van der Waals surface area contributed by atoms with E-state index in [2.05, 4.69) is 57.7 Å². The Labute approximate surface area is 184 Å². The second-order valence-electron chi connectivity index (χ2n) is 7.83. The standard InChI is InChI=1S/C18H23ClN4.C6H9N/c1-3-23-8-4-5-16(12-23)21-13(2)20-11-17-10-14-9-15(19)6-7-18(14)22-17;1-5-3-4-7-6(5)2/h3,6-7,9-10,16,20-22H,1-2,4-5,8,11-12H2;3H,4H2,1-2H3. The van der Waals surface area contributed by atoms with Gasteiger partial charge in [-0.05, 0) is 62.7 Å². The van der Waals surface area contributed by atoms with E-state index in [0.717, 1.165) is 53.5 Å². The Hall–Kier alpha value is -2.66. The van der Waals surface area contributed by atoms with Gasteiger partial charge in [-0.15, -0.1) is 0 Å². The molecule has 0 aliphatic carbocycles. The van der Waals surface area contributed by atoms with Crippen LogP contribution in [-0.4, -0.2) is 41.3 Å². The molecule has 2 aromatic rings. The number of benzene rings is 1. The quantitative estimate of drug-likeness (QED) is 0.611. The maximum atomic E-state index is 6.02. The van der Waals surface area contributed by atoms with Gasteiger partial charge in [-0.2, -0.15) is 0 Å². The summed E-state index contributed by atoms with van der Waals surface area (Å²) in [6.07, 6.45) is 6.39. The third-order valence-electron chi connectivity index (χ3n) is 5.52. The molecule has 2 aliphatic rings. The molecule has 1 aromatic carbocycles. The van der Waals surface area contributed by atoms with Crippen LogP contribution in [0.4, 0.5) is 0 Å². The first-order valence-corrected chi connectivity index (χ1v) is 10.8. The number of fused-ring (bicyclic) bond motifs is 1. The van der Waals surface area contributed by atoms with Crippen LogP contribution in [0.2, 0.25) is 5.02 Å². The summed E-state index contributed by atoms with van der Waals surface area (Å²) < 4.78 is 0. The first-order chi connectivity index (χ1) is 14.4. The van der Waals surface area contributed by atoms with Crippen LogP contribution in [-0.2, 0) is 6.54 Å². The van der Waals surface area contributed by atoms with Gasteiger partial charge in [-0.25, -0.2) is 0 Å². The maximum Gasteiger partial charge on any atom is 0.0918 e. The van der Waals surface area contributed by atoms with Crippen molar-refractivity contribution < 1.29 is 0 Å². The van der Waals surface area contributed by atoms with E-state index in [1.165, 1.54) is 17.7 Å². The Bertz CT molecular complexity index is 940. The predicted octanol–water partition coefficient (Wildman–Crippen LogP) is 4.99. The monoisotopic (exact) mass is 425 g/mol. The van der Waals surface area contributed by atoms with Crippen LogP contribution in [0.5, 0.6) is 0 Å². The normalized spacial score (nSPS) is 18.2. The lowest BCUT2D eigenvalue weighted by atomic mass is 10.1. The van der Waals surface area contributed by atoms with Crippen LogP contribution in [0.3, 0.4) is 0 Å². The molecule has 1 aromatic heterocycles. The second-order valence-corrected chi connectivity index (χ2v) is 8.27. The van der Waals surface area contributed by atoms with Crippen LogP contribution in [0.25, 0.3) is 10.9 Å². The van der Waals surface area contributed by atoms with E-state index in [1.807, 2.05) is 31.3 Å². The minimum atomic E-state index is 0.420. The van der Waals surface area contributed by atoms with E-state index in [4.69, 9.17) is 11.6 Å². The molecule has 0 spiro atoms. The highest BCUT2D eigenvalue weighted by Crippen LogP contribution is 2.20. The van der Waals surface area contributed by atoms with Crippen molar-refractivity contribution in [3.05, 3.63) is 71.8 Å². The Morgan fingerprint density at radius 1 is 1.37 bits per heavy atom. The summed E-state index contributed by atoms with van der Waals surface area (Å²) in [5.41, 5.74) is 4.74. The molecule has 1 unspecified atom stereocenters. The fourth-order valence-electron chi connectivity index (χ4n) is 3.64. The lowest BCUT2D eigenvalue weighted by Crippen LogP contribution is -2.44. The van der Waals surface area contributed by atoms with Gasteiger partial charge in [0.25, 0.3) is 0 Å². The van der Waals surface area contributed by atoms with Gasteiger partial charge >= 0.3 is 0 Å². The number of H-pyrrole nitrogens is 1. The van der Waals surface area contributed by atoms with Crippen molar-refractivity contribution in [2.45, 2.75) is 39.3 Å². The summed E-state index contributed by atoms with van der Waals surface area (Å²) in [6, 6.07) is 8.40. The zero-order valence-corrected chi connectivity index (χ0v) is 18.7. The van der Waals surface area contributed by atoms with Crippen LogP contribution in [0.1, 0.15) is 32.4 Å². The van der Waals surface area contributed by atoms with Crippen LogP contribution >= 0.6 is 11.6 Å². The van der Waals surface area contributed by atoms with Gasteiger partial charge in [0.2, 0.25) is 0 Å². The van der Waals surface area contributed by atoms with E-state index >= 15 is 0 Å². The molecule has 4 rings (SSSR count). The Morgan fingerprint density at radius 3 is 2.87 bits per heavy atom. The van der Waals surface area contributed by atoms with Crippen LogP contribution < -0.4 is 10.6 Å². The predicted molar refractivity (Wildman–Crippen MR) is 129 cm³/mol. The first kappa shape index (κ1) is 22.0. The molecule has 2 aliphatic heterocycles. The molecule has 5 nitrogen and oxygen atoms in total. The molecule has 160 valence electrons. The van der Waals surface area contributed by atoms with Crippen molar-refractivity contribution in [1.29, 1.82) is 0 Å². The molecule has 3 heterocycles. The minimum absolute atomic E-state index is 0.420. The third-order valence-corrected chi connectivity index (χ3v) is 5.75. The topological polar surface area (TPSA) is 55.4 Å². The summed E-state index contributed by atoms with van der Waals surface area (Å²) in [4.78, 5) is 9.77. The molecule has 1 saturated heterocycles. The van der Waals surface area contributed by atoms with Crippen LogP contribution in [0, 0.1) is 0 Å². The summed E-state index contributed by atoms with van der Waals surface area (Å²) in [5, 5.41) is 8.69. The van der Waals surface area contributed by atoms with Gasteiger partial charge < -0.3 is 20.5 Å². The smallest absolute Gasteiger partial charge is 0.0918 e. The van der Waals surface area contributed by atoms with Gasteiger partial charge in [0.1, 0.15) is 0 Å². The summed E-state index contributed by atoms with van der Waals surface area (Å²) >= 11 is 6.02. The molecule has 30 heavy (non-hydrogen) atoms. The molecular formula is C24H32ClN5. The second kappa shape index (κ2) is 10.4. The highest BCUT2D eigenvalue weighted by Gasteiger charge is 2.17. The van der Waals surface area contributed by atoms with Gasteiger partial charge in [0.15, 0.2) is 0 Å². The highest BCUT2D eigenvalue weighted by molar-refractivity contribution is 6.31. The number of piperidine rings is 1. The number of hydrogen-bond acceptors (Lipinski definition) is 4. The Kier molecular flexibility index (Phi) is 7.63. The number of hydrogen-bond donors (Lipinski definition) is 3. The molecule has 1 fully saturated rings. The molecule has 1 atom stereocenters. The number of rotatable bonds is 6. The summed E-state index contributed by atoms with van der Waals surface area (Å²) in [7, 11) is 0. The molecule has 0 saturated carbocycles. The number of halogens is 1. The lowest BCUT2D eigenvalue weighted by Gasteiger charge is -2.33. The van der Waals surface area contributed by atoms with E-state index in [-0.39, 0.29) is 0 Å². The number of aromatic nitrogens is 1. The number of allylic oxidation sites excluding steroid dienone is 1. The molecule has 0 bridgehead atoms. The van der Waals surface area contributed by atoms with E-state index < -0.39 is 0 Å². The average Bonchev–Trinajstić information content (AvgIpc) is 3.31. The van der Waals surface area contributed by atoms with Gasteiger partial charge in [0.05, 0.1) is 18.9 Å². The average molecular weight is 426 g/mol. The zero-order valence-electron chi connectivity index (χ0n) is 18.0. The third kappa shape index (κ3) is 6.17.